The van der Waals surface area contributed by atoms with E-state index in [9.17, 15) is 4.79 Å². The van der Waals surface area contributed by atoms with Crippen LogP contribution in [0.25, 0.3) is 10.6 Å². The van der Waals surface area contributed by atoms with E-state index in [0.29, 0.717) is 4.34 Å². The zero-order valence-corrected chi connectivity index (χ0v) is 14.7. The lowest BCUT2D eigenvalue weighted by Gasteiger charge is -1.95. The maximum atomic E-state index is 12.0. The molecule has 2 N–H and O–H groups in total. The molecule has 3 rings (SSSR count). The molecule has 8 heteroatoms. The first-order valence-electron chi connectivity index (χ1n) is 6.52. The molecule has 23 heavy (non-hydrogen) atoms. The average Bonchev–Trinajstić information content (AvgIpc) is 3.18. The summed E-state index contributed by atoms with van der Waals surface area (Å²) < 4.78 is 1.66. The van der Waals surface area contributed by atoms with Crippen molar-refractivity contribution in [3.63, 3.8) is 0 Å². The van der Waals surface area contributed by atoms with Crippen molar-refractivity contribution in [2.24, 2.45) is 5.10 Å². The quantitative estimate of drug-likeness (QED) is 0.498. The van der Waals surface area contributed by atoms with Crippen LogP contribution in [0.1, 0.15) is 16.1 Å². The minimum absolute atomic E-state index is 0.262. The highest BCUT2D eigenvalue weighted by Crippen LogP contribution is 2.29. The fourth-order valence-corrected chi connectivity index (χ4v) is 3.07. The zero-order valence-electron chi connectivity index (χ0n) is 11.6. The summed E-state index contributed by atoms with van der Waals surface area (Å²) in [6, 6.07) is 12.9. The Hall–Kier alpha value is -1.96. The third-order valence-corrected chi connectivity index (χ3v) is 4.69. The number of amides is 1. The maximum Gasteiger partial charge on any atom is 0.291 e. The monoisotopic (exact) mass is 408 g/mol. The number of hydrogen-bond donors (Lipinski definition) is 2. The van der Waals surface area contributed by atoms with Gasteiger partial charge in [0.2, 0.25) is 0 Å². The van der Waals surface area contributed by atoms with E-state index in [1.54, 1.807) is 18.3 Å². The van der Waals surface area contributed by atoms with Gasteiger partial charge < -0.3 is 0 Å². The number of rotatable bonds is 4. The van der Waals surface area contributed by atoms with Crippen LogP contribution in [0.5, 0.6) is 0 Å². The Morgan fingerprint density at radius 1 is 1.30 bits per heavy atom. The lowest BCUT2D eigenvalue weighted by Crippen LogP contribution is -2.17. The van der Waals surface area contributed by atoms with Crippen molar-refractivity contribution in [1.82, 2.24) is 15.6 Å². The van der Waals surface area contributed by atoms with E-state index >= 15 is 0 Å². The number of halogens is 2. The average molecular weight is 410 g/mol. The number of carbonyl (C=O) groups excluding carboxylic acids is 1. The predicted octanol–water partition coefficient (Wildman–Crippen LogP) is 4.32. The molecule has 3 aromatic rings. The minimum Gasteiger partial charge on any atom is -0.276 e. The largest absolute Gasteiger partial charge is 0.291 e. The normalized spacial score (nSPS) is 11.0. The molecule has 0 aliphatic carbocycles. The van der Waals surface area contributed by atoms with Crippen molar-refractivity contribution >= 4 is 51.0 Å². The Balaban J connectivity index is 1.64. The second-order valence-electron chi connectivity index (χ2n) is 4.52. The van der Waals surface area contributed by atoms with Crippen LogP contribution < -0.4 is 5.43 Å². The summed E-state index contributed by atoms with van der Waals surface area (Å²) in [7, 11) is 0. The van der Waals surface area contributed by atoms with Gasteiger partial charge in [0.05, 0.1) is 21.1 Å². The van der Waals surface area contributed by atoms with Gasteiger partial charge in [-0.2, -0.15) is 10.2 Å². The first-order valence-corrected chi connectivity index (χ1v) is 8.50. The second-order valence-corrected chi connectivity index (χ2v) is 7.15. The Bertz CT molecular complexity index is 857. The van der Waals surface area contributed by atoms with Gasteiger partial charge in [-0.15, -0.1) is 11.3 Å². The predicted molar refractivity (Wildman–Crippen MR) is 96.1 cm³/mol. The van der Waals surface area contributed by atoms with Gasteiger partial charge in [0.1, 0.15) is 0 Å². The minimum atomic E-state index is -0.386. The fraction of sp³-hybridized carbons (Fsp3) is 0. The van der Waals surface area contributed by atoms with Crippen molar-refractivity contribution in [3.05, 3.63) is 62.5 Å². The van der Waals surface area contributed by atoms with Crippen LogP contribution in [0.15, 0.2) is 52.0 Å². The Labute approximate surface area is 149 Å². The van der Waals surface area contributed by atoms with Crippen molar-refractivity contribution in [1.29, 1.82) is 0 Å². The van der Waals surface area contributed by atoms with Crippen molar-refractivity contribution < 1.29 is 4.79 Å². The van der Waals surface area contributed by atoms with Gasteiger partial charge in [-0.3, -0.25) is 9.89 Å². The highest BCUT2D eigenvalue weighted by Gasteiger charge is 2.11. The smallest absolute Gasteiger partial charge is 0.276 e. The number of benzene rings is 1. The number of H-pyrrole nitrogens is 1. The highest BCUT2D eigenvalue weighted by atomic mass is 79.9. The van der Waals surface area contributed by atoms with E-state index in [-0.39, 0.29) is 11.6 Å². The molecule has 0 saturated heterocycles. The van der Waals surface area contributed by atoms with E-state index in [4.69, 9.17) is 11.6 Å². The molecule has 0 unspecified atom stereocenters. The molecule has 1 amide bonds. The van der Waals surface area contributed by atoms with Gasteiger partial charge in [0, 0.05) is 4.47 Å². The van der Waals surface area contributed by atoms with Crippen LogP contribution in [0.2, 0.25) is 4.34 Å². The van der Waals surface area contributed by atoms with Crippen molar-refractivity contribution in [2.75, 3.05) is 0 Å². The van der Waals surface area contributed by atoms with Gasteiger partial charge in [0.25, 0.3) is 5.91 Å². The number of hydrazone groups is 1. The van der Waals surface area contributed by atoms with Gasteiger partial charge >= 0.3 is 0 Å². The Morgan fingerprint density at radius 3 is 2.78 bits per heavy atom. The maximum absolute atomic E-state index is 12.0. The molecule has 0 spiro atoms. The van der Waals surface area contributed by atoms with Gasteiger partial charge in [0.15, 0.2) is 5.69 Å². The summed E-state index contributed by atoms with van der Waals surface area (Å²) >= 11 is 10.7. The topological polar surface area (TPSA) is 70.1 Å². The summed E-state index contributed by atoms with van der Waals surface area (Å²) in [4.78, 5) is 12.9. The number of aromatic amines is 1. The molecule has 2 heterocycles. The number of nitrogens with zero attached hydrogens (tertiary/aromatic N) is 2. The summed E-state index contributed by atoms with van der Waals surface area (Å²) in [6.45, 7) is 0. The first-order chi connectivity index (χ1) is 11.1. The Morgan fingerprint density at radius 2 is 2.09 bits per heavy atom. The lowest BCUT2D eigenvalue weighted by molar-refractivity contribution is 0.0950. The van der Waals surface area contributed by atoms with E-state index in [1.165, 1.54) is 11.3 Å². The number of hydrogen-bond acceptors (Lipinski definition) is 4. The molecule has 0 aliphatic rings. The van der Waals surface area contributed by atoms with Crippen molar-refractivity contribution in [2.45, 2.75) is 0 Å². The van der Waals surface area contributed by atoms with E-state index < -0.39 is 0 Å². The fourth-order valence-electron chi connectivity index (χ4n) is 1.79. The van der Waals surface area contributed by atoms with Crippen LogP contribution in [0.4, 0.5) is 0 Å². The molecule has 0 aliphatic heterocycles. The van der Waals surface area contributed by atoms with E-state index in [2.05, 4.69) is 36.7 Å². The Kier molecular flexibility index (Phi) is 4.90. The third-order valence-electron chi connectivity index (χ3n) is 2.90. The molecular weight excluding hydrogens is 400 g/mol. The molecular formula is C15H10BrClN4OS. The second kappa shape index (κ2) is 7.08. The lowest BCUT2D eigenvalue weighted by atomic mass is 10.2. The highest BCUT2D eigenvalue weighted by molar-refractivity contribution is 9.10. The number of aromatic nitrogens is 2. The van der Waals surface area contributed by atoms with Gasteiger partial charge in [-0.25, -0.2) is 5.43 Å². The first kappa shape index (κ1) is 15.9. The SMILES string of the molecule is O=C(NN=Cc1ccc(Br)cc1)c1cc(-c2ccc(Cl)s2)[nH]n1. The van der Waals surface area contributed by atoms with Crippen LogP contribution in [-0.2, 0) is 0 Å². The van der Waals surface area contributed by atoms with E-state index in [0.717, 1.165) is 20.6 Å². The molecule has 2 aromatic heterocycles. The number of nitrogens with one attached hydrogen (secondary N) is 2. The van der Waals surface area contributed by atoms with Crippen LogP contribution in [0.3, 0.4) is 0 Å². The molecule has 1 aromatic carbocycles. The molecule has 0 bridgehead atoms. The summed E-state index contributed by atoms with van der Waals surface area (Å²) in [5.41, 5.74) is 4.33. The molecule has 0 saturated carbocycles. The summed E-state index contributed by atoms with van der Waals surface area (Å²) in [5.74, 6) is -0.386. The summed E-state index contributed by atoms with van der Waals surface area (Å²) in [5, 5.41) is 10.7. The third kappa shape index (κ3) is 4.07. The summed E-state index contributed by atoms with van der Waals surface area (Å²) in [6.07, 6.45) is 1.57. The number of thiophene rings is 1. The van der Waals surface area contributed by atoms with Gasteiger partial charge in [-0.05, 0) is 35.9 Å². The van der Waals surface area contributed by atoms with Crippen molar-refractivity contribution in [3.8, 4) is 10.6 Å². The number of carbonyl (C=O) groups is 1. The zero-order chi connectivity index (χ0) is 16.2. The molecule has 0 radical (unpaired) electrons. The molecule has 116 valence electrons. The van der Waals surface area contributed by atoms with Crippen LogP contribution in [-0.4, -0.2) is 22.3 Å². The van der Waals surface area contributed by atoms with Crippen LogP contribution >= 0.6 is 38.9 Å². The molecule has 0 atom stereocenters. The molecule has 5 nitrogen and oxygen atoms in total. The standard InChI is InChI=1S/C15H10BrClN4OS/c16-10-3-1-9(2-4-10)8-18-21-15(22)12-7-11(19-20-12)13-5-6-14(17)23-13/h1-8H,(H,19,20)(H,21,22). The van der Waals surface area contributed by atoms with E-state index in [1.807, 2.05) is 30.3 Å². The van der Waals surface area contributed by atoms with Crippen LogP contribution in [0, 0.1) is 0 Å². The molecule has 0 fully saturated rings. The van der Waals surface area contributed by atoms with Gasteiger partial charge in [-0.1, -0.05) is 39.7 Å².